The van der Waals surface area contributed by atoms with Crippen molar-refractivity contribution < 1.29 is 9.90 Å². The van der Waals surface area contributed by atoms with Crippen LogP contribution in [0.2, 0.25) is 0 Å². The zero-order chi connectivity index (χ0) is 20.9. The van der Waals surface area contributed by atoms with E-state index < -0.39 is 6.10 Å². The van der Waals surface area contributed by atoms with Crippen LogP contribution in [-0.4, -0.2) is 34.1 Å². The number of aryl methyl sites for hydroxylation is 1. The molecule has 0 radical (unpaired) electrons. The van der Waals surface area contributed by atoms with Crippen molar-refractivity contribution in [2.75, 3.05) is 18.4 Å². The van der Waals surface area contributed by atoms with Gasteiger partial charge in [-0.15, -0.1) is 11.3 Å². The number of piperidine rings is 1. The molecule has 2 amide bonds. The number of carbonyl (C=O) groups excluding carboxylic acids is 1. The van der Waals surface area contributed by atoms with E-state index in [-0.39, 0.29) is 11.9 Å². The topological polar surface area (TPSA) is 65.5 Å². The first-order valence-corrected chi connectivity index (χ1v) is 11.8. The van der Waals surface area contributed by atoms with Crippen molar-refractivity contribution in [1.29, 1.82) is 0 Å². The number of hydrogen-bond acceptors (Lipinski definition) is 5. The first-order chi connectivity index (χ1) is 14.6. The number of thiazole rings is 1. The van der Waals surface area contributed by atoms with Gasteiger partial charge in [0.1, 0.15) is 0 Å². The first kappa shape index (κ1) is 20.9. The number of aliphatic hydroxyl groups is 1. The lowest BCUT2D eigenvalue weighted by molar-refractivity contribution is 0.0683. The summed E-state index contributed by atoms with van der Waals surface area (Å²) in [5.41, 5.74) is 2.77. The van der Waals surface area contributed by atoms with E-state index >= 15 is 0 Å². The minimum Gasteiger partial charge on any atom is -0.388 e. The number of anilines is 1. The molecular formula is C23H25N3O2S2. The third-order valence-electron chi connectivity index (χ3n) is 5.32. The predicted molar refractivity (Wildman–Crippen MR) is 122 cm³/mol. The first-order valence-electron chi connectivity index (χ1n) is 10.1. The molecule has 7 heteroatoms. The molecule has 0 saturated carbocycles. The zero-order valence-corrected chi connectivity index (χ0v) is 18.5. The molecule has 3 aromatic rings. The summed E-state index contributed by atoms with van der Waals surface area (Å²) in [6, 6.07) is 17.5. The largest absolute Gasteiger partial charge is 0.388 e. The smallest absolute Gasteiger partial charge is 0.321 e. The van der Waals surface area contributed by atoms with Crippen molar-refractivity contribution in [3.05, 3.63) is 71.2 Å². The fraction of sp³-hybridized carbons (Fsp3) is 0.304. The summed E-state index contributed by atoms with van der Waals surface area (Å²) >= 11 is 3.26. The zero-order valence-electron chi connectivity index (χ0n) is 16.8. The molecule has 0 bridgehead atoms. The van der Waals surface area contributed by atoms with Gasteiger partial charge < -0.3 is 15.3 Å². The number of benzene rings is 2. The van der Waals surface area contributed by atoms with Crippen LogP contribution in [0.1, 0.15) is 30.2 Å². The van der Waals surface area contributed by atoms with Crippen molar-refractivity contribution in [3.8, 4) is 0 Å². The van der Waals surface area contributed by atoms with Gasteiger partial charge in [-0.2, -0.15) is 0 Å². The summed E-state index contributed by atoms with van der Waals surface area (Å²) in [5, 5.41) is 15.6. The predicted octanol–water partition coefficient (Wildman–Crippen LogP) is 5.58. The van der Waals surface area contributed by atoms with Crippen LogP contribution in [0.3, 0.4) is 0 Å². The van der Waals surface area contributed by atoms with Crippen LogP contribution in [0.5, 0.6) is 0 Å². The molecular weight excluding hydrogens is 414 g/mol. The van der Waals surface area contributed by atoms with Crippen molar-refractivity contribution in [2.24, 2.45) is 5.92 Å². The van der Waals surface area contributed by atoms with E-state index in [9.17, 15) is 9.90 Å². The Morgan fingerprint density at radius 3 is 2.50 bits per heavy atom. The van der Waals surface area contributed by atoms with Gasteiger partial charge >= 0.3 is 6.03 Å². The van der Waals surface area contributed by atoms with Crippen molar-refractivity contribution in [3.63, 3.8) is 0 Å². The summed E-state index contributed by atoms with van der Waals surface area (Å²) in [6.45, 7) is 3.29. The Bertz CT molecular complexity index is 968. The Labute approximate surface area is 185 Å². The molecule has 4 rings (SSSR count). The average molecular weight is 440 g/mol. The molecule has 1 aliphatic heterocycles. The number of hydrogen-bond donors (Lipinski definition) is 2. The van der Waals surface area contributed by atoms with Crippen LogP contribution < -0.4 is 5.32 Å². The van der Waals surface area contributed by atoms with Crippen LogP contribution >= 0.6 is 23.1 Å². The summed E-state index contributed by atoms with van der Waals surface area (Å²) in [5.74, 6) is 0.183. The highest BCUT2D eigenvalue weighted by molar-refractivity contribution is 8.01. The molecule has 30 heavy (non-hydrogen) atoms. The van der Waals surface area contributed by atoms with Crippen LogP contribution in [0, 0.1) is 12.8 Å². The fourth-order valence-electron chi connectivity index (χ4n) is 3.63. The maximum atomic E-state index is 12.6. The number of aromatic nitrogens is 1. The monoisotopic (exact) mass is 439 g/mol. The second-order valence-corrected chi connectivity index (χ2v) is 9.67. The molecule has 1 aromatic heterocycles. The number of nitrogens with one attached hydrogen (secondary N) is 1. The normalized spacial score (nSPS) is 15.7. The number of carbonyl (C=O) groups is 1. The molecule has 1 unspecified atom stereocenters. The molecule has 2 aromatic carbocycles. The highest BCUT2D eigenvalue weighted by Crippen LogP contribution is 2.32. The molecule has 0 aliphatic carbocycles. The number of amides is 2. The number of urea groups is 1. The third kappa shape index (κ3) is 5.22. The average Bonchev–Trinajstić information content (AvgIpc) is 3.20. The van der Waals surface area contributed by atoms with E-state index in [0.29, 0.717) is 13.1 Å². The van der Waals surface area contributed by atoms with Gasteiger partial charge in [-0.25, -0.2) is 9.78 Å². The molecule has 0 spiro atoms. The molecule has 1 saturated heterocycles. The van der Waals surface area contributed by atoms with Crippen LogP contribution in [0.15, 0.2) is 69.2 Å². The molecule has 2 N–H and O–H groups in total. The van der Waals surface area contributed by atoms with Crippen LogP contribution in [-0.2, 0) is 0 Å². The van der Waals surface area contributed by atoms with E-state index in [1.165, 1.54) is 0 Å². The van der Waals surface area contributed by atoms with E-state index in [2.05, 4.69) is 10.3 Å². The minimum absolute atomic E-state index is 0.0846. The maximum absolute atomic E-state index is 12.6. The summed E-state index contributed by atoms with van der Waals surface area (Å²) in [4.78, 5) is 20.0. The lowest BCUT2D eigenvalue weighted by atomic mass is 9.87. The molecule has 5 nitrogen and oxygen atoms in total. The fourth-order valence-corrected chi connectivity index (χ4v) is 5.44. The van der Waals surface area contributed by atoms with Gasteiger partial charge in [0.15, 0.2) is 4.34 Å². The molecule has 1 atom stereocenters. The lowest BCUT2D eigenvalue weighted by Gasteiger charge is -2.34. The van der Waals surface area contributed by atoms with E-state index in [4.69, 9.17) is 0 Å². The Balaban J connectivity index is 1.27. The molecule has 156 valence electrons. The third-order valence-corrected chi connectivity index (χ3v) is 7.39. The standard InChI is InChI=1S/C23H25N3O2S2/c1-16-15-29-23(24-16)30-20-9-7-19(8-10-20)25-22(28)26-13-11-18(12-14-26)21(27)17-5-3-2-4-6-17/h2-10,15,18,21,27H,11-14H2,1H3,(H,25,28). The van der Waals surface area contributed by atoms with Gasteiger partial charge in [-0.1, -0.05) is 42.1 Å². The number of nitrogens with zero attached hydrogens (tertiary/aromatic N) is 2. The highest BCUT2D eigenvalue weighted by atomic mass is 32.2. The van der Waals surface area contributed by atoms with E-state index in [1.807, 2.05) is 71.8 Å². The summed E-state index contributed by atoms with van der Waals surface area (Å²) in [7, 11) is 0. The van der Waals surface area contributed by atoms with Gasteiger partial charge in [-0.3, -0.25) is 0 Å². The van der Waals surface area contributed by atoms with Crippen molar-refractivity contribution in [2.45, 2.75) is 35.1 Å². The maximum Gasteiger partial charge on any atom is 0.321 e. The van der Waals surface area contributed by atoms with E-state index in [1.54, 1.807) is 23.1 Å². The Morgan fingerprint density at radius 1 is 1.17 bits per heavy atom. The second-order valence-electron chi connectivity index (χ2n) is 7.49. The summed E-state index contributed by atoms with van der Waals surface area (Å²) < 4.78 is 1.02. The van der Waals surface area contributed by atoms with Gasteiger partial charge in [-0.05, 0) is 55.5 Å². The molecule has 1 aliphatic rings. The quantitative estimate of drug-likeness (QED) is 0.545. The van der Waals surface area contributed by atoms with E-state index in [0.717, 1.165) is 39.0 Å². The Morgan fingerprint density at radius 2 is 1.87 bits per heavy atom. The number of aliphatic hydroxyl groups excluding tert-OH is 1. The SMILES string of the molecule is Cc1csc(Sc2ccc(NC(=O)N3CCC(C(O)c4ccccc4)CC3)cc2)n1. The molecule has 1 fully saturated rings. The van der Waals surface area contributed by atoms with Gasteiger partial charge in [0.05, 0.1) is 6.10 Å². The molecule has 2 heterocycles. The minimum atomic E-state index is -0.469. The number of likely N-dealkylation sites (tertiary alicyclic amines) is 1. The van der Waals surface area contributed by atoms with Crippen molar-refractivity contribution >= 4 is 34.8 Å². The Hall–Kier alpha value is -2.35. The number of rotatable bonds is 5. The summed E-state index contributed by atoms with van der Waals surface area (Å²) in [6.07, 6.45) is 1.13. The lowest BCUT2D eigenvalue weighted by Crippen LogP contribution is -2.42. The van der Waals surface area contributed by atoms with Gasteiger partial charge in [0.25, 0.3) is 0 Å². The van der Waals surface area contributed by atoms with Crippen LogP contribution in [0.4, 0.5) is 10.5 Å². The highest BCUT2D eigenvalue weighted by Gasteiger charge is 2.28. The van der Waals surface area contributed by atoms with Crippen LogP contribution in [0.25, 0.3) is 0 Å². The second kappa shape index (κ2) is 9.64. The van der Waals surface area contributed by atoms with Gasteiger partial charge in [0, 0.05) is 34.7 Å². The van der Waals surface area contributed by atoms with Crippen molar-refractivity contribution in [1.82, 2.24) is 9.88 Å². The Kier molecular flexibility index (Phi) is 6.72. The van der Waals surface area contributed by atoms with Gasteiger partial charge in [0.2, 0.25) is 0 Å².